The number of rotatable bonds is 2. The molecule has 2 aromatic rings. The number of aromatic carboxylic acids is 1. The zero-order chi connectivity index (χ0) is 10.8. The van der Waals surface area contributed by atoms with Crippen LogP contribution in [0.4, 0.5) is 0 Å². The van der Waals surface area contributed by atoms with E-state index in [0.29, 0.717) is 11.4 Å². The molecular weight excluding hydrogens is 212 g/mol. The van der Waals surface area contributed by atoms with Crippen LogP contribution in [0.3, 0.4) is 0 Å². The fourth-order valence-electron chi connectivity index (χ4n) is 1.19. The lowest BCUT2D eigenvalue weighted by Crippen LogP contribution is -2.05. The molecule has 4 nitrogen and oxygen atoms in total. The molecule has 0 amide bonds. The molecule has 0 aliphatic heterocycles. The third-order valence-corrected chi connectivity index (χ3v) is 2.64. The molecule has 0 radical (unpaired) electrons. The molecule has 0 atom stereocenters. The van der Waals surface area contributed by atoms with Crippen LogP contribution < -0.4 is 0 Å². The molecule has 15 heavy (non-hydrogen) atoms. The molecule has 0 bridgehead atoms. The van der Waals surface area contributed by atoms with Gasteiger partial charge in [-0.15, -0.1) is 0 Å². The van der Waals surface area contributed by atoms with E-state index in [1.165, 1.54) is 17.5 Å². The van der Waals surface area contributed by atoms with Crippen molar-refractivity contribution < 1.29 is 9.90 Å². The predicted molar refractivity (Wildman–Crippen MR) is 57.0 cm³/mol. The minimum Gasteiger partial charge on any atom is -0.477 e. The van der Waals surface area contributed by atoms with Crippen molar-refractivity contribution >= 4 is 17.3 Å². The average Bonchev–Trinajstić information content (AvgIpc) is 2.71. The molecule has 0 aliphatic carbocycles. The summed E-state index contributed by atoms with van der Waals surface area (Å²) in [5, 5.41) is 12.7. The molecule has 0 saturated heterocycles. The summed E-state index contributed by atoms with van der Waals surface area (Å²) in [5.41, 5.74) is 1.48. The van der Waals surface area contributed by atoms with Crippen molar-refractivity contribution in [2.24, 2.45) is 0 Å². The van der Waals surface area contributed by atoms with Crippen molar-refractivity contribution in [1.82, 2.24) is 9.97 Å². The topological polar surface area (TPSA) is 63.1 Å². The van der Waals surface area contributed by atoms with Crippen LogP contribution in [0.2, 0.25) is 0 Å². The van der Waals surface area contributed by atoms with Gasteiger partial charge >= 0.3 is 5.97 Å². The summed E-state index contributed by atoms with van der Waals surface area (Å²) in [6, 6.07) is 1.86. The quantitative estimate of drug-likeness (QED) is 0.842. The van der Waals surface area contributed by atoms with Gasteiger partial charge in [-0.05, 0) is 18.4 Å². The molecule has 76 valence electrons. The van der Waals surface area contributed by atoms with E-state index in [0.717, 1.165) is 5.56 Å². The number of carboxylic acid groups (broad SMARTS) is 1. The lowest BCUT2D eigenvalue weighted by molar-refractivity contribution is 0.0689. The smallest absolute Gasteiger partial charge is 0.354 e. The van der Waals surface area contributed by atoms with E-state index in [1.807, 2.05) is 16.8 Å². The van der Waals surface area contributed by atoms with Gasteiger partial charge in [-0.25, -0.2) is 14.8 Å². The molecule has 2 heterocycles. The highest BCUT2D eigenvalue weighted by molar-refractivity contribution is 7.08. The number of aryl methyl sites for hydroxylation is 1. The summed E-state index contributed by atoms with van der Waals surface area (Å²) in [5.74, 6) is -0.564. The molecule has 0 fully saturated rings. The second-order valence-corrected chi connectivity index (χ2v) is 3.82. The highest BCUT2D eigenvalue weighted by Gasteiger charge is 2.11. The maximum atomic E-state index is 10.9. The van der Waals surface area contributed by atoms with Crippen molar-refractivity contribution in [2.75, 3.05) is 0 Å². The Hall–Kier alpha value is -1.75. The van der Waals surface area contributed by atoms with Gasteiger partial charge < -0.3 is 5.11 Å². The van der Waals surface area contributed by atoms with Gasteiger partial charge in [0.1, 0.15) is 0 Å². The fraction of sp³-hybridized carbons (Fsp3) is 0.100. The Kier molecular flexibility index (Phi) is 2.47. The summed E-state index contributed by atoms with van der Waals surface area (Å²) in [7, 11) is 0. The van der Waals surface area contributed by atoms with E-state index < -0.39 is 5.97 Å². The van der Waals surface area contributed by atoms with Gasteiger partial charge in [0.15, 0.2) is 11.5 Å². The Bertz CT molecular complexity index is 494. The summed E-state index contributed by atoms with van der Waals surface area (Å²) in [6.07, 6.45) is 1.53. The molecule has 0 aliphatic rings. The van der Waals surface area contributed by atoms with Crippen LogP contribution in [0.25, 0.3) is 11.4 Å². The van der Waals surface area contributed by atoms with Crippen LogP contribution in [-0.2, 0) is 0 Å². The molecule has 1 N–H and O–H groups in total. The summed E-state index contributed by atoms with van der Waals surface area (Å²) in [4.78, 5) is 19.0. The minimum absolute atomic E-state index is 0.0613. The number of carbonyl (C=O) groups is 1. The Morgan fingerprint density at radius 2 is 2.33 bits per heavy atom. The third-order valence-electron chi connectivity index (χ3n) is 1.95. The third kappa shape index (κ3) is 1.87. The van der Waals surface area contributed by atoms with Gasteiger partial charge in [-0.3, -0.25) is 0 Å². The zero-order valence-electron chi connectivity index (χ0n) is 7.97. The minimum atomic E-state index is -1.02. The Balaban J connectivity index is 2.52. The average molecular weight is 220 g/mol. The van der Waals surface area contributed by atoms with Crippen LogP contribution in [0.15, 0.2) is 23.0 Å². The first-order chi connectivity index (χ1) is 7.18. The molecule has 5 heteroatoms. The molecule has 0 spiro atoms. The monoisotopic (exact) mass is 220 g/mol. The normalized spacial score (nSPS) is 10.2. The van der Waals surface area contributed by atoms with Crippen molar-refractivity contribution in [1.29, 1.82) is 0 Å². The standard InChI is InChI=1S/C10H8N2O2S/c1-6-4-11-9(7-2-3-15-5-7)12-8(6)10(13)14/h2-5H,1H3,(H,13,14). The molecule has 2 rings (SSSR count). The van der Waals surface area contributed by atoms with Gasteiger partial charge in [0.25, 0.3) is 0 Å². The molecule has 2 aromatic heterocycles. The van der Waals surface area contributed by atoms with Gasteiger partial charge in [0.2, 0.25) is 0 Å². The van der Waals surface area contributed by atoms with Crippen molar-refractivity contribution in [2.45, 2.75) is 6.92 Å². The van der Waals surface area contributed by atoms with E-state index in [4.69, 9.17) is 5.11 Å². The van der Waals surface area contributed by atoms with Crippen molar-refractivity contribution in [3.8, 4) is 11.4 Å². The van der Waals surface area contributed by atoms with Crippen molar-refractivity contribution in [3.05, 3.63) is 34.3 Å². The first kappa shape index (κ1) is 9.79. The SMILES string of the molecule is Cc1cnc(-c2ccsc2)nc1C(=O)O. The van der Waals surface area contributed by atoms with Gasteiger partial charge in [-0.1, -0.05) is 0 Å². The number of thiophene rings is 1. The Morgan fingerprint density at radius 1 is 1.53 bits per heavy atom. The number of aromatic nitrogens is 2. The lowest BCUT2D eigenvalue weighted by Gasteiger charge is -2.01. The first-order valence-corrected chi connectivity index (χ1v) is 5.22. The zero-order valence-corrected chi connectivity index (χ0v) is 8.78. The molecule has 0 aromatic carbocycles. The van der Waals surface area contributed by atoms with Crippen LogP contribution in [0, 0.1) is 6.92 Å². The van der Waals surface area contributed by atoms with Crippen LogP contribution in [-0.4, -0.2) is 21.0 Å². The Labute approximate surface area is 90.3 Å². The highest BCUT2D eigenvalue weighted by Crippen LogP contribution is 2.18. The number of hydrogen-bond acceptors (Lipinski definition) is 4. The maximum Gasteiger partial charge on any atom is 0.354 e. The highest BCUT2D eigenvalue weighted by atomic mass is 32.1. The largest absolute Gasteiger partial charge is 0.477 e. The second-order valence-electron chi connectivity index (χ2n) is 3.04. The first-order valence-electron chi connectivity index (χ1n) is 4.28. The van der Waals surface area contributed by atoms with Crippen LogP contribution in [0.1, 0.15) is 16.1 Å². The fourth-order valence-corrected chi connectivity index (χ4v) is 1.82. The number of nitrogens with zero attached hydrogens (tertiary/aromatic N) is 2. The van der Waals surface area contributed by atoms with E-state index >= 15 is 0 Å². The Morgan fingerprint density at radius 3 is 2.93 bits per heavy atom. The van der Waals surface area contributed by atoms with E-state index in [9.17, 15) is 4.79 Å². The van der Waals surface area contributed by atoms with Crippen LogP contribution >= 0.6 is 11.3 Å². The van der Waals surface area contributed by atoms with Crippen LogP contribution in [0.5, 0.6) is 0 Å². The van der Waals surface area contributed by atoms with Gasteiger partial charge in [-0.2, -0.15) is 11.3 Å². The summed E-state index contributed by atoms with van der Waals surface area (Å²) in [6.45, 7) is 1.68. The van der Waals surface area contributed by atoms with Crippen molar-refractivity contribution in [3.63, 3.8) is 0 Å². The van der Waals surface area contributed by atoms with Gasteiger partial charge in [0, 0.05) is 22.7 Å². The predicted octanol–water partition coefficient (Wildman–Crippen LogP) is 2.21. The number of hydrogen-bond donors (Lipinski definition) is 1. The second kappa shape index (κ2) is 3.78. The van der Waals surface area contributed by atoms with E-state index in [1.54, 1.807) is 6.92 Å². The number of carboxylic acids is 1. The summed E-state index contributed by atoms with van der Waals surface area (Å²) < 4.78 is 0. The maximum absolute atomic E-state index is 10.9. The van der Waals surface area contributed by atoms with Gasteiger partial charge in [0.05, 0.1) is 0 Å². The molecule has 0 unspecified atom stereocenters. The van der Waals surface area contributed by atoms with E-state index in [2.05, 4.69) is 9.97 Å². The molecule has 0 saturated carbocycles. The molecular formula is C10H8N2O2S. The summed E-state index contributed by atoms with van der Waals surface area (Å²) >= 11 is 1.53. The lowest BCUT2D eigenvalue weighted by atomic mass is 10.2. The van der Waals surface area contributed by atoms with E-state index in [-0.39, 0.29) is 5.69 Å².